The topological polar surface area (TPSA) is 77.2 Å². The lowest BCUT2D eigenvalue weighted by Crippen LogP contribution is -2.44. The predicted molar refractivity (Wildman–Crippen MR) is 78.1 cm³/mol. The number of carbonyl (C=O) groups is 1. The van der Waals surface area contributed by atoms with Crippen molar-refractivity contribution in [2.75, 3.05) is 13.2 Å². The first kappa shape index (κ1) is 17.5. The number of rotatable bonds is 5. The van der Waals surface area contributed by atoms with Gasteiger partial charge in [-0.2, -0.15) is 13.2 Å². The summed E-state index contributed by atoms with van der Waals surface area (Å²) in [4.78, 5) is 15.9. The first-order valence-electron chi connectivity index (χ1n) is 7.55. The molecule has 0 radical (unpaired) electrons. The molecule has 0 bridgehead atoms. The number of ether oxygens (including phenoxy) is 1. The predicted octanol–water partition coefficient (Wildman–Crippen LogP) is 2.27. The molecule has 1 fully saturated rings. The second kappa shape index (κ2) is 7.63. The lowest BCUT2D eigenvalue weighted by Gasteiger charge is -2.31. The highest BCUT2D eigenvalue weighted by molar-refractivity contribution is 5.94. The van der Waals surface area contributed by atoms with Gasteiger partial charge in [0.2, 0.25) is 5.88 Å². The van der Waals surface area contributed by atoms with Gasteiger partial charge >= 0.3 is 6.18 Å². The van der Waals surface area contributed by atoms with Gasteiger partial charge in [0.15, 0.2) is 6.61 Å². The number of aromatic nitrogens is 1. The molecule has 1 heterocycles. The molecule has 1 aromatic rings. The Balaban J connectivity index is 1.92. The molecule has 1 saturated carbocycles. The minimum atomic E-state index is -4.42. The van der Waals surface area contributed by atoms with Gasteiger partial charge in [-0.25, -0.2) is 4.98 Å². The Morgan fingerprint density at radius 2 is 2.09 bits per heavy atom. The Labute approximate surface area is 132 Å². The maximum absolute atomic E-state index is 12.2. The molecule has 2 atom stereocenters. The molecular formula is C15H20F3N3O2. The number of nitrogens with two attached hydrogens (primary N) is 1. The molecular weight excluding hydrogens is 311 g/mol. The second-order valence-electron chi connectivity index (χ2n) is 5.65. The van der Waals surface area contributed by atoms with Crippen LogP contribution in [0, 0.1) is 5.92 Å². The fourth-order valence-corrected chi connectivity index (χ4v) is 2.69. The number of nitrogens with zero attached hydrogens (tertiary/aromatic N) is 1. The molecule has 1 amide bonds. The normalized spacial score (nSPS) is 21.7. The van der Waals surface area contributed by atoms with Gasteiger partial charge in [0.05, 0.1) is 5.56 Å². The van der Waals surface area contributed by atoms with Crippen LogP contribution < -0.4 is 15.8 Å². The van der Waals surface area contributed by atoms with Gasteiger partial charge < -0.3 is 15.8 Å². The van der Waals surface area contributed by atoms with E-state index < -0.39 is 12.8 Å². The van der Waals surface area contributed by atoms with E-state index in [0.29, 0.717) is 6.54 Å². The van der Waals surface area contributed by atoms with E-state index in [0.717, 1.165) is 25.7 Å². The van der Waals surface area contributed by atoms with Crippen LogP contribution in [0.1, 0.15) is 36.0 Å². The molecule has 2 unspecified atom stereocenters. The minimum Gasteiger partial charge on any atom is -0.468 e. The summed E-state index contributed by atoms with van der Waals surface area (Å²) in [5.74, 6) is -0.211. The Morgan fingerprint density at radius 1 is 1.35 bits per heavy atom. The lowest BCUT2D eigenvalue weighted by molar-refractivity contribution is -0.154. The van der Waals surface area contributed by atoms with Crippen LogP contribution >= 0.6 is 0 Å². The third-order valence-electron chi connectivity index (χ3n) is 3.91. The molecule has 8 heteroatoms. The summed E-state index contributed by atoms with van der Waals surface area (Å²) in [6, 6.07) is 2.68. The van der Waals surface area contributed by atoms with E-state index >= 15 is 0 Å². The van der Waals surface area contributed by atoms with E-state index in [-0.39, 0.29) is 29.3 Å². The average molecular weight is 331 g/mol. The fourth-order valence-electron chi connectivity index (χ4n) is 2.69. The zero-order chi connectivity index (χ0) is 16.9. The number of nitrogens with one attached hydrogen (secondary N) is 1. The number of halogens is 3. The van der Waals surface area contributed by atoms with Crippen molar-refractivity contribution < 1.29 is 22.7 Å². The van der Waals surface area contributed by atoms with Gasteiger partial charge in [-0.05, 0) is 31.4 Å². The van der Waals surface area contributed by atoms with Crippen molar-refractivity contribution in [1.29, 1.82) is 0 Å². The molecule has 3 N–H and O–H groups in total. The highest BCUT2D eigenvalue weighted by Crippen LogP contribution is 2.24. The summed E-state index contributed by atoms with van der Waals surface area (Å²) in [6.45, 7) is -0.890. The molecule has 1 aliphatic rings. The van der Waals surface area contributed by atoms with Gasteiger partial charge in [-0.3, -0.25) is 4.79 Å². The second-order valence-corrected chi connectivity index (χ2v) is 5.65. The Kier molecular flexibility index (Phi) is 5.81. The highest BCUT2D eigenvalue weighted by atomic mass is 19.4. The third kappa shape index (κ3) is 5.38. The van der Waals surface area contributed by atoms with Crippen molar-refractivity contribution in [1.82, 2.24) is 10.3 Å². The molecule has 5 nitrogen and oxygen atoms in total. The highest BCUT2D eigenvalue weighted by Gasteiger charge is 2.29. The summed E-state index contributed by atoms with van der Waals surface area (Å²) in [5, 5.41) is 2.93. The van der Waals surface area contributed by atoms with Gasteiger partial charge in [-0.1, -0.05) is 12.8 Å². The van der Waals surface area contributed by atoms with Crippen LogP contribution in [0.2, 0.25) is 0 Å². The lowest BCUT2D eigenvalue weighted by atomic mass is 9.84. The molecule has 23 heavy (non-hydrogen) atoms. The van der Waals surface area contributed by atoms with E-state index in [1.54, 1.807) is 0 Å². The van der Waals surface area contributed by atoms with E-state index in [9.17, 15) is 18.0 Å². The molecule has 0 aliphatic heterocycles. The van der Waals surface area contributed by atoms with E-state index in [2.05, 4.69) is 15.0 Å². The van der Waals surface area contributed by atoms with Crippen LogP contribution in [0.15, 0.2) is 18.3 Å². The summed E-state index contributed by atoms with van der Waals surface area (Å²) in [5.41, 5.74) is 6.01. The van der Waals surface area contributed by atoms with Crippen molar-refractivity contribution in [3.8, 4) is 5.88 Å². The maximum atomic E-state index is 12.2. The number of carbonyl (C=O) groups excluding carboxylic acids is 1. The summed E-state index contributed by atoms with van der Waals surface area (Å²) in [7, 11) is 0. The first-order valence-corrected chi connectivity index (χ1v) is 7.55. The zero-order valence-corrected chi connectivity index (χ0v) is 12.6. The van der Waals surface area contributed by atoms with Crippen molar-refractivity contribution in [3.05, 3.63) is 23.9 Å². The standard InChI is InChI=1S/C15H20F3N3O2/c16-15(17,18)9-23-13-6-5-11(8-20-13)14(22)21-12-4-2-1-3-10(12)7-19/h5-6,8,10,12H,1-4,7,9,19H2,(H,21,22). The zero-order valence-electron chi connectivity index (χ0n) is 12.6. The quantitative estimate of drug-likeness (QED) is 0.868. The first-order chi connectivity index (χ1) is 10.9. The monoisotopic (exact) mass is 331 g/mol. The van der Waals surface area contributed by atoms with Crippen LogP contribution in [0.25, 0.3) is 0 Å². The molecule has 0 spiro atoms. The molecule has 0 aromatic carbocycles. The van der Waals surface area contributed by atoms with Gasteiger partial charge in [0.25, 0.3) is 5.91 Å². The molecule has 2 rings (SSSR count). The summed E-state index contributed by atoms with van der Waals surface area (Å²) >= 11 is 0. The van der Waals surface area contributed by atoms with E-state index in [4.69, 9.17) is 5.73 Å². The Hall–Kier alpha value is -1.83. The van der Waals surface area contributed by atoms with Crippen LogP contribution in [0.3, 0.4) is 0 Å². The van der Waals surface area contributed by atoms with E-state index in [1.807, 2.05) is 0 Å². The number of hydrogen-bond acceptors (Lipinski definition) is 4. The van der Waals surface area contributed by atoms with Crippen LogP contribution in [-0.4, -0.2) is 36.3 Å². The number of hydrogen-bond donors (Lipinski definition) is 2. The van der Waals surface area contributed by atoms with E-state index in [1.165, 1.54) is 18.3 Å². The Morgan fingerprint density at radius 3 is 2.70 bits per heavy atom. The molecule has 128 valence electrons. The Bertz CT molecular complexity index is 520. The number of pyridine rings is 1. The summed E-state index contributed by atoms with van der Waals surface area (Å²) < 4.78 is 40.7. The van der Waals surface area contributed by atoms with Crippen molar-refractivity contribution in [2.24, 2.45) is 11.7 Å². The van der Waals surface area contributed by atoms with Crippen molar-refractivity contribution in [3.63, 3.8) is 0 Å². The fraction of sp³-hybridized carbons (Fsp3) is 0.600. The smallest absolute Gasteiger partial charge is 0.422 e. The third-order valence-corrected chi connectivity index (χ3v) is 3.91. The van der Waals surface area contributed by atoms with Gasteiger partial charge in [-0.15, -0.1) is 0 Å². The van der Waals surface area contributed by atoms with Gasteiger partial charge in [0.1, 0.15) is 0 Å². The molecule has 1 aliphatic carbocycles. The number of alkyl halides is 3. The van der Waals surface area contributed by atoms with Crippen molar-refractivity contribution >= 4 is 5.91 Å². The van der Waals surface area contributed by atoms with Crippen molar-refractivity contribution in [2.45, 2.75) is 37.9 Å². The maximum Gasteiger partial charge on any atom is 0.422 e. The van der Waals surface area contributed by atoms with Crippen LogP contribution in [0.4, 0.5) is 13.2 Å². The van der Waals surface area contributed by atoms with Crippen LogP contribution in [-0.2, 0) is 0 Å². The van der Waals surface area contributed by atoms with Gasteiger partial charge in [0, 0.05) is 18.3 Å². The minimum absolute atomic E-state index is 0.0300. The summed E-state index contributed by atoms with van der Waals surface area (Å²) in [6.07, 6.45) is 0.819. The van der Waals surface area contributed by atoms with Crippen LogP contribution in [0.5, 0.6) is 5.88 Å². The molecule has 1 aromatic heterocycles. The SMILES string of the molecule is NCC1CCCCC1NC(=O)c1ccc(OCC(F)(F)F)nc1. The average Bonchev–Trinajstić information content (AvgIpc) is 2.53. The molecule has 0 saturated heterocycles. The largest absolute Gasteiger partial charge is 0.468 e. The number of amides is 1.